The van der Waals surface area contributed by atoms with Crippen LogP contribution in [0.3, 0.4) is 0 Å². The summed E-state index contributed by atoms with van der Waals surface area (Å²) in [4.78, 5) is 28.9. The van der Waals surface area contributed by atoms with Crippen molar-refractivity contribution in [1.82, 2.24) is 4.57 Å². The summed E-state index contributed by atoms with van der Waals surface area (Å²) in [5.41, 5.74) is 1.29. The van der Waals surface area contributed by atoms with E-state index >= 15 is 0 Å². The van der Waals surface area contributed by atoms with Gasteiger partial charge in [0.25, 0.3) is 5.91 Å². The Morgan fingerprint density at radius 3 is 2.43 bits per heavy atom. The second-order valence-corrected chi connectivity index (χ2v) is 7.18. The monoisotopic (exact) mass is 430 g/mol. The molecule has 0 bridgehead atoms. The molecule has 3 rings (SSSR count). The van der Waals surface area contributed by atoms with E-state index in [0.29, 0.717) is 35.0 Å². The van der Waals surface area contributed by atoms with Crippen LogP contribution in [0.1, 0.15) is 10.4 Å². The molecule has 1 aromatic heterocycles. The first-order valence-electron chi connectivity index (χ1n) is 9.10. The average Bonchev–Trinajstić information content (AvgIpc) is 3.11. The van der Waals surface area contributed by atoms with Gasteiger partial charge in [-0.05, 0) is 42.5 Å². The third kappa shape index (κ3) is 5.05. The lowest BCUT2D eigenvalue weighted by molar-refractivity contribution is -0.120. The average molecular weight is 430 g/mol. The highest BCUT2D eigenvalue weighted by molar-refractivity contribution is 7.16. The number of hydrogen-bond acceptors (Lipinski definition) is 7. The molecule has 158 valence electrons. The van der Waals surface area contributed by atoms with Crippen LogP contribution in [0.25, 0.3) is 10.2 Å². The first-order valence-corrected chi connectivity index (χ1v) is 9.92. The molecule has 1 heterocycles. The van der Waals surface area contributed by atoms with Crippen LogP contribution in [-0.4, -0.2) is 51.0 Å². The molecule has 30 heavy (non-hydrogen) atoms. The van der Waals surface area contributed by atoms with E-state index in [0.717, 1.165) is 10.2 Å². The molecule has 0 radical (unpaired) electrons. The Kier molecular flexibility index (Phi) is 7.21. The molecule has 2 aromatic carbocycles. The highest BCUT2D eigenvalue weighted by atomic mass is 32.1. The number of amides is 1. The van der Waals surface area contributed by atoms with Gasteiger partial charge in [-0.15, -0.1) is 0 Å². The number of thiazole rings is 1. The zero-order valence-electron chi connectivity index (χ0n) is 16.9. The molecule has 0 aliphatic carbocycles. The molecule has 0 saturated heterocycles. The molecule has 0 aliphatic rings. The molecule has 0 aliphatic heterocycles. The van der Waals surface area contributed by atoms with Crippen molar-refractivity contribution in [3.05, 3.63) is 52.8 Å². The van der Waals surface area contributed by atoms with Crippen molar-refractivity contribution in [3.63, 3.8) is 0 Å². The van der Waals surface area contributed by atoms with Gasteiger partial charge in [-0.25, -0.2) is 4.79 Å². The SMILES string of the molecule is COCCn1c(=NC(=O)COc2ccc(OC)cc2)sc2cc(C(=O)OC)ccc21. The predicted molar refractivity (Wildman–Crippen MR) is 112 cm³/mol. The van der Waals surface area contributed by atoms with Crippen LogP contribution in [0.5, 0.6) is 11.5 Å². The molecule has 0 atom stereocenters. The fourth-order valence-corrected chi connectivity index (χ4v) is 3.87. The Labute approximate surface area is 177 Å². The molecule has 0 spiro atoms. The van der Waals surface area contributed by atoms with Crippen LogP contribution >= 0.6 is 11.3 Å². The summed E-state index contributed by atoms with van der Waals surface area (Å²) in [6.45, 7) is 0.770. The topological polar surface area (TPSA) is 88.4 Å². The van der Waals surface area contributed by atoms with E-state index in [1.165, 1.54) is 18.4 Å². The summed E-state index contributed by atoms with van der Waals surface area (Å²) in [7, 11) is 4.52. The van der Waals surface area contributed by atoms with Crippen molar-refractivity contribution < 1.29 is 28.5 Å². The Balaban J connectivity index is 1.86. The molecule has 9 heteroatoms. The number of benzene rings is 2. The minimum absolute atomic E-state index is 0.196. The van der Waals surface area contributed by atoms with Crippen LogP contribution in [0.4, 0.5) is 0 Å². The van der Waals surface area contributed by atoms with Gasteiger partial charge in [0.05, 0.1) is 36.6 Å². The zero-order valence-corrected chi connectivity index (χ0v) is 17.7. The fraction of sp³-hybridized carbons (Fsp3) is 0.286. The maximum atomic E-state index is 12.4. The molecule has 0 unspecified atom stereocenters. The highest BCUT2D eigenvalue weighted by Crippen LogP contribution is 2.20. The van der Waals surface area contributed by atoms with Crippen molar-refractivity contribution in [2.24, 2.45) is 4.99 Å². The van der Waals surface area contributed by atoms with Gasteiger partial charge in [0.15, 0.2) is 11.4 Å². The number of ether oxygens (including phenoxy) is 4. The van der Waals surface area contributed by atoms with Gasteiger partial charge in [0, 0.05) is 13.7 Å². The van der Waals surface area contributed by atoms with Crippen molar-refractivity contribution in [1.29, 1.82) is 0 Å². The second-order valence-electron chi connectivity index (χ2n) is 6.17. The normalized spacial score (nSPS) is 11.5. The number of fused-ring (bicyclic) bond motifs is 1. The van der Waals surface area contributed by atoms with Gasteiger partial charge in [-0.2, -0.15) is 4.99 Å². The van der Waals surface area contributed by atoms with E-state index in [1.807, 2.05) is 10.6 Å². The third-order valence-electron chi connectivity index (χ3n) is 4.26. The summed E-state index contributed by atoms with van der Waals surface area (Å²) >= 11 is 1.31. The van der Waals surface area contributed by atoms with Crippen molar-refractivity contribution in [2.45, 2.75) is 6.54 Å². The van der Waals surface area contributed by atoms with E-state index < -0.39 is 11.9 Å². The van der Waals surface area contributed by atoms with Crippen LogP contribution < -0.4 is 14.3 Å². The van der Waals surface area contributed by atoms with Crippen molar-refractivity contribution in [3.8, 4) is 11.5 Å². The van der Waals surface area contributed by atoms with E-state index in [1.54, 1.807) is 50.6 Å². The third-order valence-corrected chi connectivity index (χ3v) is 5.31. The van der Waals surface area contributed by atoms with Crippen LogP contribution in [0.15, 0.2) is 47.5 Å². The molecule has 1 amide bonds. The van der Waals surface area contributed by atoms with Gasteiger partial charge >= 0.3 is 5.97 Å². The van der Waals surface area contributed by atoms with Crippen LogP contribution in [-0.2, 0) is 20.8 Å². The van der Waals surface area contributed by atoms with E-state index in [9.17, 15) is 9.59 Å². The Hall–Kier alpha value is -3.17. The lowest BCUT2D eigenvalue weighted by atomic mass is 10.2. The maximum absolute atomic E-state index is 12.4. The van der Waals surface area contributed by atoms with Crippen LogP contribution in [0, 0.1) is 0 Å². The first kappa shape index (κ1) is 21.5. The molecule has 0 N–H and O–H groups in total. The molecular formula is C21H22N2O6S. The van der Waals surface area contributed by atoms with E-state index in [-0.39, 0.29) is 6.61 Å². The lowest BCUT2D eigenvalue weighted by Gasteiger charge is -2.06. The second kappa shape index (κ2) is 10.0. The molecule has 3 aromatic rings. The van der Waals surface area contributed by atoms with E-state index in [2.05, 4.69) is 4.99 Å². The number of hydrogen-bond donors (Lipinski definition) is 0. The zero-order chi connectivity index (χ0) is 21.5. The number of nitrogens with zero attached hydrogens (tertiary/aromatic N) is 2. The van der Waals surface area contributed by atoms with Gasteiger partial charge in [-0.1, -0.05) is 11.3 Å². The standard InChI is InChI=1S/C21H22N2O6S/c1-26-11-10-23-17-9-4-14(20(25)28-3)12-18(17)30-21(23)22-19(24)13-29-16-7-5-15(27-2)6-8-16/h4-9,12H,10-11,13H2,1-3H3. The number of esters is 1. The number of carbonyl (C=O) groups is 2. The predicted octanol–water partition coefficient (Wildman–Crippen LogP) is 2.65. The Morgan fingerprint density at radius 2 is 1.77 bits per heavy atom. The Bertz CT molecular complexity index is 1100. The molecule has 8 nitrogen and oxygen atoms in total. The quantitative estimate of drug-likeness (QED) is 0.511. The van der Waals surface area contributed by atoms with Crippen LogP contribution in [0.2, 0.25) is 0 Å². The van der Waals surface area contributed by atoms with Crippen molar-refractivity contribution in [2.75, 3.05) is 34.5 Å². The summed E-state index contributed by atoms with van der Waals surface area (Å²) < 4.78 is 23.3. The van der Waals surface area contributed by atoms with E-state index in [4.69, 9.17) is 18.9 Å². The minimum atomic E-state index is -0.420. The summed E-state index contributed by atoms with van der Waals surface area (Å²) in [5.74, 6) is 0.410. The smallest absolute Gasteiger partial charge is 0.337 e. The summed E-state index contributed by atoms with van der Waals surface area (Å²) in [6, 6.07) is 12.2. The number of carbonyl (C=O) groups excluding carboxylic acids is 2. The largest absolute Gasteiger partial charge is 0.497 e. The maximum Gasteiger partial charge on any atom is 0.337 e. The number of aromatic nitrogens is 1. The summed E-state index contributed by atoms with van der Waals surface area (Å²) in [6.07, 6.45) is 0. The number of rotatable bonds is 8. The lowest BCUT2D eigenvalue weighted by Crippen LogP contribution is -2.21. The van der Waals surface area contributed by atoms with Gasteiger partial charge < -0.3 is 23.5 Å². The van der Waals surface area contributed by atoms with Gasteiger partial charge in [0.1, 0.15) is 11.5 Å². The molecule has 0 saturated carbocycles. The molecule has 0 fully saturated rings. The number of methoxy groups -OCH3 is 3. The summed E-state index contributed by atoms with van der Waals surface area (Å²) in [5, 5.41) is 0. The van der Waals surface area contributed by atoms with Crippen molar-refractivity contribution >= 4 is 33.4 Å². The highest BCUT2D eigenvalue weighted by Gasteiger charge is 2.12. The van der Waals surface area contributed by atoms with Gasteiger partial charge in [0.2, 0.25) is 0 Å². The first-order chi connectivity index (χ1) is 14.5. The fourth-order valence-electron chi connectivity index (χ4n) is 2.76. The Morgan fingerprint density at radius 1 is 1.03 bits per heavy atom. The van der Waals surface area contributed by atoms with Gasteiger partial charge in [-0.3, -0.25) is 4.79 Å². The minimum Gasteiger partial charge on any atom is -0.497 e. The molecular weight excluding hydrogens is 408 g/mol.